The van der Waals surface area contributed by atoms with Crippen LogP contribution in [0.5, 0.6) is 0 Å². The summed E-state index contributed by atoms with van der Waals surface area (Å²) in [6.45, 7) is 6.94. The van der Waals surface area contributed by atoms with Crippen LogP contribution < -0.4 is 10.6 Å². The summed E-state index contributed by atoms with van der Waals surface area (Å²) in [5.74, 6) is -0.241. The van der Waals surface area contributed by atoms with E-state index in [9.17, 15) is 4.39 Å². The molecule has 0 aromatic heterocycles. The summed E-state index contributed by atoms with van der Waals surface area (Å²) in [4.78, 5) is 2.26. The predicted molar refractivity (Wildman–Crippen MR) is 86.8 cm³/mol. The summed E-state index contributed by atoms with van der Waals surface area (Å²) < 4.78 is 13.5. The van der Waals surface area contributed by atoms with Crippen LogP contribution in [0.1, 0.15) is 37.9 Å². The minimum absolute atomic E-state index is 0.201. The molecule has 0 unspecified atom stereocenters. The van der Waals surface area contributed by atoms with Gasteiger partial charge in [-0.3, -0.25) is 0 Å². The second-order valence-electron chi connectivity index (χ2n) is 5.70. The molecule has 2 aromatic carbocycles. The van der Waals surface area contributed by atoms with Crippen molar-refractivity contribution in [3.63, 3.8) is 0 Å². The van der Waals surface area contributed by atoms with E-state index in [1.165, 1.54) is 11.6 Å². The highest BCUT2D eigenvalue weighted by Crippen LogP contribution is 2.29. The lowest BCUT2D eigenvalue weighted by Gasteiger charge is -2.32. The SMILES string of the molecule is CC(C)N(Cc1ccccc1)c1ccc(F)cc1[C@@H](C)N. The zero-order valence-corrected chi connectivity index (χ0v) is 12.9. The Labute approximate surface area is 126 Å². The molecule has 2 nitrogen and oxygen atoms in total. The van der Waals surface area contributed by atoms with Gasteiger partial charge in [-0.15, -0.1) is 0 Å². The van der Waals surface area contributed by atoms with Crippen LogP contribution in [0.2, 0.25) is 0 Å². The molecular formula is C18H23FN2. The van der Waals surface area contributed by atoms with Crippen molar-refractivity contribution in [3.05, 3.63) is 65.5 Å². The van der Waals surface area contributed by atoms with Crippen LogP contribution in [-0.4, -0.2) is 6.04 Å². The van der Waals surface area contributed by atoms with E-state index in [0.29, 0.717) is 6.04 Å². The van der Waals surface area contributed by atoms with E-state index in [0.717, 1.165) is 17.8 Å². The number of hydrogen-bond acceptors (Lipinski definition) is 2. The van der Waals surface area contributed by atoms with Crippen LogP contribution in [0.3, 0.4) is 0 Å². The molecule has 0 amide bonds. The Morgan fingerprint density at radius 2 is 1.71 bits per heavy atom. The Hall–Kier alpha value is -1.87. The number of rotatable bonds is 5. The fraction of sp³-hybridized carbons (Fsp3) is 0.333. The van der Waals surface area contributed by atoms with Gasteiger partial charge >= 0.3 is 0 Å². The third-order valence-corrected chi connectivity index (χ3v) is 3.61. The number of halogens is 1. The fourth-order valence-corrected chi connectivity index (χ4v) is 2.48. The Balaban J connectivity index is 2.39. The van der Waals surface area contributed by atoms with E-state index in [-0.39, 0.29) is 11.9 Å². The molecular weight excluding hydrogens is 263 g/mol. The molecule has 0 radical (unpaired) electrons. The van der Waals surface area contributed by atoms with E-state index in [2.05, 4.69) is 30.9 Å². The number of benzene rings is 2. The summed E-state index contributed by atoms with van der Waals surface area (Å²) in [5.41, 5.74) is 9.10. The molecule has 0 fully saturated rings. The zero-order valence-electron chi connectivity index (χ0n) is 12.9. The van der Waals surface area contributed by atoms with Gasteiger partial charge < -0.3 is 10.6 Å². The van der Waals surface area contributed by atoms with E-state index < -0.39 is 0 Å². The minimum Gasteiger partial charge on any atom is -0.365 e. The first-order chi connectivity index (χ1) is 9.99. The van der Waals surface area contributed by atoms with Crippen LogP contribution in [0.4, 0.5) is 10.1 Å². The first-order valence-electron chi connectivity index (χ1n) is 7.34. The normalized spacial score (nSPS) is 12.5. The molecule has 1 atom stereocenters. The monoisotopic (exact) mass is 286 g/mol. The van der Waals surface area contributed by atoms with E-state index >= 15 is 0 Å². The predicted octanol–water partition coefficient (Wildman–Crippen LogP) is 4.26. The third kappa shape index (κ3) is 3.82. The second-order valence-corrected chi connectivity index (χ2v) is 5.70. The highest BCUT2D eigenvalue weighted by molar-refractivity contribution is 5.56. The highest BCUT2D eigenvalue weighted by atomic mass is 19.1. The quantitative estimate of drug-likeness (QED) is 0.890. The fourth-order valence-electron chi connectivity index (χ4n) is 2.48. The summed E-state index contributed by atoms with van der Waals surface area (Å²) in [7, 11) is 0. The lowest BCUT2D eigenvalue weighted by atomic mass is 10.0. The van der Waals surface area contributed by atoms with Crippen molar-refractivity contribution in [2.75, 3.05) is 4.90 Å². The van der Waals surface area contributed by atoms with Crippen LogP contribution in [-0.2, 0) is 6.54 Å². The summed E-state index contributed by atoms with van der Waals surface area (Å²) in [6, 6.07) is 15.2. The maximum absolute atomic E-state index is 13.5. The van der Waals surface area contributed by atoms with Crippen molar-refractivity contribution in [3.8, 4) is 0 Å². The highest BCUT2D eigenvalue weighted by Gasteiger charge is 2.17. The molecule has 0 aliphatic heterocycles. The lowest BCUT2D eigenvalue weighted by Crippen LogP contribution is -2.31. The molecule has 0 saturated heterocycles. The molecule has 3 heteroatoms. The van der Waals surface area contributed by atoms with Crippen molar-refractivity contribution in [1.29, 1.82) is 0 Å². The number of hydrogen-bond donors (Lipinski definition) is 1. The van der Waals surface area contributed by atoms with Gasteiger partial charge in [-0.25, -0.2) is 4.39 Å². The molecule has 0 heterocycles. The van der Waals surface area contributed by atoms with Crippen molar-refractivity contribution >= 4 is 5.69 Å². The van der Waals surface area contributed by atoms with Crippen molar-refractivity contribution < 1.29 is 4.39 Å². The first-order valence-corrected chi connectivity index (χ1v) is 7.34. The van der Waals surface area contributed by atoms with Gasteiger partial charge in [0.1, 0.15) is 5.82 Å². The third-order valence-electron chi connectivity index (χ3n) is 3.61. The molecule has 2 aromatic rings. The Bertz CT molecular complexity index is 579. The van der Waals surface area contributed by atoms with Crippen molar-refractivity contribution in [1.82, 2.24) is 0 Å². The van der Waals surface area contributed by atoms with Gasteiger partial charge in [-0.05, 0) is 50.1 Å². The summed E-state index contributed by atoms with van der Waals surface area (Å²) in [6.07, 6.45) is 0. The van der Waals surface area contributed by atoms with Gasteiger partial charge in [-0.1, -0.05) is 30.3 Å². The zero-order chi connectivity index (χ0) is 15.4. The summed E-state index contributed by atoms with van der Waals surface area (Å²) >= 11 is 0. The average molecular weight is 286 g/mol. The van der Waals surface area contributed by atoms with Gasteiger partial charge in [-0.2, -0.15) is 0 Å². The molecule has 2 N–H and O–H groups in total. The van der Waals surface area contributed by atoms with Crippen LogP contribution in [0.25, 0.3) is 0 Å². The lowest BCUT2D eigenvalue weighted by molar-refractivity contribution is 0.617. The topological polar surface area (TPSA) is 29.3 Å². The average Bonchev–Trinajstić information content (AvgIpc) is 2.46. The van der Waals surface area contributed by atoms with Crippen LogP contribution in [0, 0.1) is 5.82 Å². The van der Waals surface area contributed by atoms with E-state index in [1.54, 1.807) is 6.07 Å². The van der Waals surface area contributed by atoms with Crippen molar-refractivity contribution in [2.24, 2.45) is 5.73 Å². The summed E-state index contributed by atoms with van der Waals surface area (Å²) in [5, 5.41) is 0. The Kier molecular flexibility index (Phi) is 4.97. The maximum Gasteiger partial charge on any atom is 0.123 e. The van der Waals surface area contributed by atoms with Crippen LogP contribution in [0.15, 0.2) is 48.5 Å². The molecule has 21 heavy (non-hydrogen) atoms. The van der Waals surface area contributed by atoms with Gasteiger partial charge in [0.2, 0.25) is 0 Å². The minimum atomic E-state index is -0.241. The van der Waals surface area contributed by atoms with Crippen molar-refractivity contribution in [2.45, 2.75) is 39.4 Å². The smallest absolute Gasteiger partial charge is 0.123 e. The maximum atomic E-state index is 13.5. The van der Waals surface area contributed by atoms with Gasteiger partial charge in [0.15, 0.2) is 0 Å². The first kappa shape index (κ1) is 15.5. The van der Waals surface area contributed by atoms with Gasteiger partial charge in [0.05, 0.1) is 0 Å². The Morgan fingerprint density at radius 1 is 1.05 bits per heavy atom. The molecule has 0 bridgehead atoms. The standard InChI is InChI=1S/C18H23FN2/c1-13(2)21(12-15-7-5-4-6-8-15)18-10-9-16(19)11-17(18)14(3)20/h4-11,13-14H,12,20H2,1-3H3/t14-/m1/s1. The largest absolute Gasteiger partial charge is 0.365 e. The second kappa shape index (κ2) is 6.72. The number of nitrogens with zero attached hydrogens (tertiary/aromatic N) is 1. The van der Waals surface area contributed by atoms with Gasteiger partial charge in [0.25, 0.3) is 0 Å². The molecule has 0 aliphatic carbocycles. The number of anilines is 1. The van der Waals surface area contributed by atoms with E-state index in [1.807, 2.05) is 31.2 Å². The molecule has 2 rings (SSSR count). The number of nitrogens with two attached hydrogens (primary N) is 1. The Morgan fingerprint density at radius 3 is 2.29 bits per heavy atom. The van der Waals surface area contributed by atoms with Crippen LogP contribution >= 0.6 is 0 Å². The van der Waals surface area contributed by atoms with Gasteiger partial charge in [0, 0.05) is 24.3 Å². The molecule has 112 valence electrons. The molecule has 0 aliphatic rings. The molecule has 0 spiro atoms. The van der Waals surface area contributed by atoms with E-state index in [4.69, 9.17) is 5.73 Å². The molecule has 0 saturated carbocycles.